The van der Waals surface area contributed by atoms with Gasteiger partial charge >= 0.3 is 0 Å². The molecule has 0 atom stereocenters. The lowest BCUT2D eigenvalue weighted by Gasteiger charge is -2.08. The molecule has 0 aliphatic heterocycles. The second-order valence-corrected chi connectivity index (χ2v) is 3.99. The maximum absolute atomic E-state index is 13.4. The molecule has 19 heavy (non-hydrogen) atoms. The number of rotatable bonds is 6. The second-order valence-electron chi connectivity index (χ2n) is 3.99. The van der Waals surface area contributed by atoms with E-state index in [1.807, 2.05) is 6.92 Å². The zero-order valence-corrected chi connectivity index (χ0v) is 10.6. The van der Waals surface area contributed by atoms with Crippen molar-refractivity contribution < 1.29 is 17.9 Å². The Labute approximate surface area is 110 Å². The van der Waals surface area contributed by atoms with E-state index in [4.69, 9.17) is 9.15 Å². The van der Waals surface area contributed by atoms with Crippen molar-refractivity contribution in [1.29, 1.82) is 0 Å². The molecule has 0 fully saturated rings. The van der Waals surface area contributed by atoms with E-state index in [2.05, 4.69) is 5.32 Å². The number of benzene rings is 1. The summed E-state index contributed by atoms with van der Waals surface area (Å²) in [5.41, 5.74) is 0.810. The van der Waals surface area contributed by atoms with Gasteiger partial charge in [-0.15, -0.1) is 0 Å². The van der Waals surface area contributed by atoms with Crippen LogP contribution < -0.4 is 10.1 Å². The average Bonchev–Trinajstić information content (AvgIpc) is 2.85. The van der Waals surface area contributed by atoms with Crippen LogP contribution in [0.3, 0.4) is 0 Å². The van der Waals surface area contributed by atoms with Gasteiger partial charge in [-0.2, -0.15) is 4.39 Å². The molecule has 1 aromatic carbocycles. The maximum atomic E-state index is 13.4. The summed E-state index contributed by atoms with van der Waals surface area (Å²) in [7, 11) is 0. The van der Waals surface area contributed by atoms with E-state index < -0.39 is 11.6 Å². The Balaban J connectivity index is 2.02. The first-order chi connectivity index (χ1) is 9.22. The molecule has 0 radical (unpaired) electrons. The molecule has 0 saturated heterocycles. The molecule has 0 aliphatic rings. The van der Waals surface area contributed by atoms with Gasteiger partial charge in [-0.1, -0.05) is 13.0 Å². The van der Waals surface area contributed by atoms with Crippen molar-refractivity contribution in [3.63, 3.8) is 0 Å². The molecule has 3 nitrogen and oxygen atoms in total. The predicted octanol–water partition coefficient (Wildman–Crippen LogP) is 3.25. The van der Waals surface area contributed by atoms with Crippen molar-refractivity contribution in [3.05, 3.63) is 53.5 Å². The topological polar surface area (TPSA) is 34.4 Å². The SMILES string of the molecule is CCNCc1occc1COc1cccc(F)c1F. The van der Waals surface area contributed by atoms with Crippen LogP contribution in [0.15, 0.2) is 34.9 Å². The monoisotopic (exact) mass is 267 g/mol. The van der Waals surface area contributed by atoms with Crippen LogP contribution in [0.1, 0.15) is 18.2 Å². The lowest BCUT2D eigenvalue weighted by atomic mass is 10.2. The van der Waals surface area contributed by atoms with Gasteiger partial charge in [-0.25, -0.2) is 4.39 Å². The second kappa shape index (κ2) is 6.33. The van der Waals surface area contributed by atoms with Gasteiger partial charge in [-0.05, 0) is 24.7 Å². The van der Waals surface area contributed by atoms with Crippen LogP contribution in [0.4, 0.5) is 8.78 Å². The molecule has 1 aromatic heterocycles. The number of furan rings is 1. The van der Waals surface area contributed by atoms with Gasteiger partial charge in [-0.3, -0.25) is 0 Å². The molecule has 0 amide bonds. The molecular weight excluding hydrogens is 252 g/mol. The van der Waals surface area contributed by atoms with E-state index in [0.29, 0.717) is 6.54 Å². The summed E-state index contributed by atoms with van der Waals surface area (Å²) in [5.74, 6) is -1.26. The van der Waals surface area contributed by atoms with Crippen molar-refractivity contribution >= 4 is 0 Å². The molecule has 5 heteroatoms. The molecule has 0 spiro atoms. The van der Waals surface area contributed by atoms with Crippen molar-refractivity contribution in [2.45, 2.75) is 20.1 Å². The number of halogens is 2. The van der Waals surface area contributed by atoms with Gasteiger partial charge in [0.25, 0.3) is 0 Å². The summed E-state index contributed by atoms with van der Waals surface area (Å²) in [6.45, 7) is 3.52. The minimum atomic E-state index is -0.973. The lowest BCUT2D eigenvalue weighted by Crippen LogP contribution is -2.13. The van der Waals surface area contributed by atoms with Gasteiger partial charge in [0.05, 0.1) is 12.8 Å². The summed E-state index contributed by atoms with van der Waals surface area (Å²) in [5, 5.41) is 3.13. The minimum absolute atomic E-state index is 0.101. The minimum Gasteiger partial charge on any atom is -0.486 e. The number of hydrogen-bond acceptors (Lipinski definition) is 3. The Morgan fingerprint density at radius 3 is 2.89 bits per heavy atom. The number of nitrogens with one attached hydrogen (secondary N) is 1. The smallest absolute Gasteiger partial charge is 0.200 e. The van der Waals surface area contributed by atoms with Crippen molar-refractivity contribution in [3.8, 4) is 5.75 Å². The molecule has 0 aliphatic carbocycles. The quantitative estimate of drug-likeness (QED) is 0.872. The molecule has 1 heterocycles. The summed E-state index contributed by atoms with van der Waals surface area (Å²) in [6, 6.07) is 5.60. The van der Waals surface area contributed by atoms with Gasteiger partial charge in [0.15, 0.2) is 11.6 Å². The number of ether oxygens (including phenoxy) is 1. The van der Waals surface area contributed by atoms with Crippen molar-refractivity contribution in [2.24, 2.45) is 0 Å². The number of hydrogen-bond donors (Lipinski definition) is 1. The van der Waals surface area contributed by atoms with E-state index in [0.717, 1.165) is 23.9 Å². The maximum Gasteiger partial charge on any atom is 0.200 e. The Morgan fingerprint density at radius 1 is 1.26 bits per heavy atom. The van der Waals surface area contributed by atoms with Crippen molar-refractivity contribution in [2.75, 3.05) is 6.54 Å². The average molecular weight is 267 g/mol. The Bertz CT molecular complexity index is 540. The van der Waals surface area contributed by atoms with Gasteiger partial charge < -0.3 is 14.5 Å². The molecule has 2 rings (SSSR count). The van der Waals surface area contributed by atoms with E-state index >= 15 is 0 Å². The largest absolute Gasteiger partial charge is 0.486 e. The molecule has 0 bridgehead atoms. The lowest BCUT2D eigenvalue weighted by molar-refractivity contribution is 0.281. The predicted molar refractivity (Wildman–Crippen MR) is 66.8 cm³/mol. The Morgan fingerprint density at radius 2 is 2.11 bits per heavy atom. The molecule has 0 saturated carbocycles. The first kappa shape index (κ1) is 13.5. The molecular formula is C14H15F2NO2. The fourth-order valence-electron chi connectivity index (χ4n) is 1.64. The summed E-state index contributed by atoms with van der Waals surface area (Å²) >= 11 is 0. The van der Waals surface area contributed by atoms with Crippen LogP contribution in [0, 0.1) is 11.6 Å². The molecule has 2 aromatic rings. The fraction of sp³-hybridized carbons (Fsp3) is 0.286. The Hall–Kier alpha value is -1.88. The van der Waals surface area contributed by atoms with E-state index in [9.17, 15) is 8.78 Å². The van der Waals surface area contributed by atoms with Crippen LogP contribution in [0.25, 0.3) is 0 Å². The zero-order valence-electron chi connectivity index (χ0n) is 10.6. The van der Waals surface area contributed by atoms with Gasteiger partial charge in [0.1, 0.15) is 12.4 Å². The Kier molecular flexibility index (Phi) is 4.52. The van der Waals surface area contributed by atoms with E-state index in [1.54, 1.807) is 12.3 Å². The molecule has 0 unspecified atom stereocenters. The van der Waals surface area contributed by atoms with Crippen LogP contribution >= 0.6 is 0 Å². The summed E-state index contributed by atoms with van der Waals surface area (Å²) < 4.78 is 37.0. The third kappa shape index (κ3) is 3.32. The third-order valence-corrected chi connectivity index (χ3v) is 2.67. The van der Waals surface area contributed by atoms with Gasteiger partial charge in [0, 0.05) is 5.56 Å². The van der Waals surface area contributed by atoms with Crippen LogP contribution in [-0.2, 0) is 13.2 Å². The van der Waals surface area contributed by atoms with Crippen LogP contribution in [-0.4, -0.2) is 6.54 Å². The molecule has 102 valence electrons. The third-order valence-electron chi connectivity index (χ3n) is 2.67. The van der Waals surface area contributed by atoms with E-state index in [1.165, 1.54) is 12.1 Å². The first-order valence-corrected chi connectivity index (χ1v) is 6.05. The highest BCUT2D eigenvalue weighted by Gasteiger charge is 2.11. The fourth-order valence-corrected chi connectivity index (χ4v) is 1.64. The van der Waals surface area contributed by atoms with Crippen LogP contribution in [0.5, 0.6) is 5.75 Å². The normalized spacial score (nSPS) is 10.7. The highest BCUT2D eigenvalue weighted by Crippen LogP contribution is 2.21. The highest BCUT2D eigenvalue weighted by molar-refractivity contribution is 5.26. The van der Waals surface area contributed by atoms with Crippen molar-refractivity contribution in [1.82, 2.24) is 5.32 Å². The highest BCUT2D eigenvalue weighted by atomic mass is 19.2. The zero-order chi connectivity index (χ0) is 13.7. The summed E-state index contributed by atoms with van der Waals surface area (Å²) in [6.07, 6.45) is 1.55. The first-order valence-electron chi connectivity index (χ1n) is 6.05. The standard InChI is InChI=1S/C14H15F2NO2/c1-2-17-8-13-10(6-7-18-13)9-19-12-5-3-4-11(15)14(12)16/h3-7,17H,2,8-9H2,1H3. The van der Waals surface area contributed by atoms with Gasteiger partial charge in [0.2, 0.25) is 5.82 Å². The summed E-state index contributed by atoms with van der Waals surface area (Å²) in [4.78, 5) is 0. The van der Waals surface area contributed by atoms with Crippen LogP contribution in [0.2, 0.25) is 0 Å². The molecule has 1 N–H and O–H groups in total. The van der Waals surface area contributed by atoms with E-state index in [-0.39, 0.29) is 12.4 Å².